The van der Waals surface area contributed by atoms with Crippen LogP contribution in [0.15, 0.2) is 54.7 Å². The third-order valence-corrected chi connectivity index (χ3v) is 5.55. The molecular formula is C24H29FN2O. The van der Waals surface area contributed by atoms with Crippen molar-refractivity contribution in [1.82, 2.24) is 4.98 Å². The number of halogens is 1. The molecule has 0 aliphatic rings. The smallest absolute Gasteiger partial charge is 0.123 e. The number of nitrogens with two attached hydrogens (primary N) is 1. The second-order valence-electron chi connectivity index (χ2n) is 7.81. The molecule has 0 radical (unpaired) electrons. The third kappa shape index (κ3) is 4.33. The normalized spacial score (nSPS) is 14.6. The Hall–Kier alpha value is -2.46. The number of nitrogens with zero attached hydrogens (tertiary/aromatic N) is 1. The molecule has 2 unspecified atom stereocenters. The molecule has 3 rings (SSSR count). The Morgan fingerprint density at radius 1 is 1.18 bits per heavy atom. The summed E-state index contributed by atoms with van der Waals surface area (Å²) in [4.78, 5) is 4.43. The molecule has 0 saturated carbocycles. The van der Waals surface area contributed by atoms with Gasteiger partial charge in [-0.3, -0.25) is 4.98 Å². The second kappa shape index (κ2) is 8.70. The summed E-state index contributed by atoms with van der Waals surface area (Å²) in [5.41, 5.74) is 9.44. The van der Waals surface area contributed by atoms with Gasteiger partial charge in [0, 0.05) is 23.2 Å². The van der Waals surface area contributed by atoms with E-state index in [9.17, 15) is 4.39 Å². The Kier molecular flexibility index (Phi) is 6.30. The van der Waals surface area contributed by atoms with Gasteiger partial charge in [0.1, 0.15) is 11.6 Å². The second-order valence-corrected chi connectivity index (χ2v) is 7.81. The van der Waals surface area contributed by atoms with Crippen LogP contribution in [0.5, 0.6) is 5.75 Å². The number of pyridine rings is 1. The molecule has 2 aromatic carbocycles. The molecule has 0 saturated heterocycles. The zero-order valence-electron chi connectivity index (χ0n) is 16.9. The molecular weight excluding hydrogens is 351 g/mol. The van der Waals surface area contributed by atoms with Gasteiger partial charge in [0.05, 0.1) is 12.6 Å². The van der Waals surface area contributed by atoms with E-state index in [4.69, 9.17) is 10.5 Å². The van der Waals surface area contributed by atoms with Gasteiger partial charge < -0.3 is 10.5 Å². The molecule has 0 amide bonds. The van der Waals surface area contributed by atoms with E-state index in [1.165, 1.54) is 11.6 Å². The Labute approximate surface area is 166 Å². The zero-order valence-corrected chi connectivity index (χ0v) is 16.9. The summed E-state index contributed by atoms with van der Waals surface area (Å²) >= 11 is 0. The molecule has 148 valence electrons. The van der Waals surface area contributed by atoms with E-state index in [1.54, 1.807) is 19.2 Å². The van der Waals surface area contributed by atoms with Crippen LogP contribution < -0.4 is 10.5 Å². The van der Waals surface area contributed by atoms with Crippen LogP contribution in [0, 0.1) is 5.82 Å². The maximum Gasteiger partial charge on any atom is 0.123 e. The summed E-state index contributed by atoms with van der Waals surface area (Å²) in [6, 6.07) is 14.9. The lowest BCUT2D eigenvalue weighted by atomic mass is 9.73. The van der Waals surface area contributed by atoms with Crippen LogP contribution >= 0.6 is 0 Å². The van der Waals surface area contributed by atoms with Crippen molar-refractivity contribution >= 4 is 10.9 Å². The Morgan fingerprint density at radius 3 is 2.71 bits per heavy atom. The number of ether oxygens (including phenoxy) is 1. The molecule has 0 spiro atoms. The summed E-state index contributed by atoms with van der Waals surface area (Å²) in [5.74, 6) is 0.478. The minimum absolute atomic E-state index is 0.0599. The highest BCUT2D eigenvalue weighted by Gasteiger charge is 2.31. The van der Waals surface area contributed by atoms with Crippen molar-refractivity contribution in [3.63, 3.8) is 0 Å². The van der Waals surface area contributed by atoms with E-state index in [2.05, 4.69) is 24.9 Å². The standard InChI is InChI=1S/C24H29FN2O/c1-4-12-24(2,21-15-18(25)9-10-23(21)28-3)16-19(26)14-17-11-13-27-22-8-6-5-7-20(17)22/h5-11,13,15,19H,4,12,14,16,26H2,1-3H3. The lowest BCUT2D eigenvalue weighted by Crippen LogP contribution is -2.34. The summed E-state index contributed by atoms with van der Waals surface area (Å²) < 4.78 is 19.6. The number of benzene rings is 2. The first-order chi connectivity index (χ1) is 13.5. The average molecular weight is 381 g/mol. The van der Waals surface area contributed by atoms with Crippen LogP contribution in [0.1, 0.15) is 44.2 Å². The molecule has 1 heterocycles. The highest BCUT2D eigenvalue weighted by atomic mass is 19.1. The number of hydrogen-bond acceptors (Lipinski definition) is 3. The maximum atomic E-state index is 14.0. The van der Waals surface area contributed by atoms with E-state index in [-0.39, 0.29) is 17.3 Å². The fourth-order valence-corrected chi connectivity index (χ4v) is 4.32. The summed E-state index contributed by atoms with van der Waals surface area (Å²) in [6.07, 6.45) is 5.24. The number of rotatable bonds is 8. The molecule has 0 fully saturated rings. The fourth-order valence-electron chi connectivity index (χ4n) is 4.32. The maximum absolute atomic E-state index is 14.0. The van der Waals surface area contributed by atoms with Crippen LogP contribution in [-0.4, -0.2) is 18.1 Å². The van der Waals surface area contributed by atoms with Crippen LogP contribution in [0.25, 0.3) is 10.9 Å². The van der Waals surface area contributed by atoms with Crippen LogP contribution in [0.3, 0.4) is 0 Å². The predicted molar refractivity (Wildman–Crippen MR) is 113 cm³/mol. The van der Waals surface area contributed by atoms with Gasteiger partial charge in [0.15, 0.2) is 0 Å². The Bertz CT molecular complexity index is 938. The summed E-state index contributed by atoms with van der Waals surface area (Å²) in [5, 5.41) is 1.14. The van der Waals surface area contributed by atoms with Crippen molar-refractivity contribution in [2.45, 2.75) is 51.0 Å². The largest absolute Gasteiger partial charge is 0.496 e. The molecule has 0 aliphatic carbocycles. The predicted octanol–water partition coefficient (Wildman–Crippen LogP) is 5.40. The van der Waals surface area contributed by atoms with Crippen molar-refractivity contribution < 1.29 is 9.13 Å². The van der Waals surface area contributed by atoms with Gasteiger partial charge >= 0.3 is 0 Å². The van der Waals surface area contributed by atoms with Gasteiger partial charge in [-0.25, -0.2) is 4.39 Å². The first-order valence-corrected chi connectivity index (χ1v) is 9.89. The minimum atomic E-state index is -0.259. The van der Waals surface area contributed by atoms with Gasteiger partial charge in [-0.2, -0.15) is 0 Å². The molecule has 2 atom stereocenters. The van der Waals surface area contributed by atoms with Crippen LogP contribution in [0.4, 0.5) is 4.39 Å². The molecule has 3 nitrogen and oxygen atoms in total. The molecule has 0 aliphatic heterocycles. The highest BCUT2D eigenvalue weighted by molar-refractivity contribution is 5.81. The third-order valence-electron chi connectivity index (χ3n) is 5.55. The first-order valence-electron chi connectivity index (χ1n) is 9.89. The SMILES string of the molecule is CCCC(C)(CC(N)Cc1ccnc2ccccc12)c1cc(F)ccc1OC. The Morgan fingerprint density at radius 2 is 1.96 bits per heavy atom. The van der Waals surface area contributed by atoms with Crippen LogP contribution in [-0.2, 0) is 11.8 Å². The van der Waals surface area contributed by atoms with E-state index in [0.717, 1.165) is 47.9 Å². The minimum Gasteiger partial charge on any atom is -0.496 e. The quantitative estimate of drug-likeness (QED) is 0.569. The number of methoxy groups -OCH3 is 1. The van der Waals surface area contributed by atoms with Crippen LogP contribution in [0.2, 0.25) is 0 Å². The van der Waals surface area contributed by atoms with Gasteiger partial charge in [0.2, 0.25) is 0 Å². The lowest BCUT2D eigenvalue weighted by Gasteiger charge is -2.34. The van der Waals surface area contributed by atoms with Gasteiger partial charge in [-0.05, 0) is 60.6 Å². The average Bonchev–Trinajstić information content (AvgIpc) is 2.68. The van der Waals surface area contributed by atoms with Gasteiger partial charge in [0.25, 0.3) is 0 Å². The van der Waals surface area contributed by atoms with Gasteiger partial charge in [-0.15, -0.1) is 0 Å². The Balaban J connectivity index is 1.88. The molecule has 1 aromatic heterocycles. The van der Waals surface area contributed by atoms with Crippen molar-refractivity contribution in [2.75, 3.05) is 7.11 Å². The molecule has 3 aromatic rings. The van der Waals surface area contributed by atoms with Gasteiger partial charge in [-0.1, -0.05) is 38.5 Å². The van der Waals surface area contributed by atoms with Crippen molar-refractivity contribution in [1.29, 1.82) is 0 Å². The van der Waals surface area contributed by atoms with E-state index in [0.29, 0.717) is 0 Å². The van der Waals surface area contributed by atoms with Crippen molar-refractivity contribution in [3.8, 4) is 5.75 Å². The van der Waals surface area contributed by atoms with Crippen molar-refractivity contribution in [3.05, 3.63) is 71.7 Å². The number of para-hydroxylation sites is 1. The molecule has 0 bridgehead atoms. The summed E-state index contributed by atoms with van der Waals surface area (Å²) in [7, 11) is 1.63. The topological polar surface area (TPSA) is 48.1 Å². The highest BCUT2D eigenvalue weighted by Crippen LogP contribution is 2.40. The van der Waals surface area contributed by atoms with Crippen molar-refractivity contribution in [2.24, 2.45) is 5.73 Å². The molecule has 4 heteroatoms. The van der Waals surface area contributed by atoms with E-state index >= 15 is 0 Å². The molecule has 2 N–H and O–H groups in total. The number of hydrogen-bond donors (Lipinski definition) is 1. The monoisotopic (exact) mass is 380 g/mol. The zero-order chi connectivity index (χ0) is 20.1. The molecule has 28 heavy (non-hydrogen) atoms. The summed E-state index contributed by atoms with van der Waals surface area (Å²) in [6.45, 7) is 4.31. The van der Waals surface area contributed by atoms with E-state index in [1.807, 2.05) is 30.5 Å². The number of fused-ring (bicyclic) bond motifs is 1. The first kappa shape index (κ1) is 20.3. The fraction of sp³-hybridized carbons (Fsp3) is 0.375. The lowest BCUT2D eigenvalue weighted by molar-refractivity contribution is 0.332. The van der Waals surface area contributed by atoms with E-state index < -0.39 is 0 Å². The number of aromatic nitrogens is 1.